The first-order valence-electron chi connectivity index (χ1n) is 7.64. The standard InChI is InChI=1S/C19H17ClN2O/c1-4-12-6-5-7-15(21-12)16-18(2,3)19(16)13-10-11(20)8-9-14(13)22-17(19)23/h4-10,16H,1H2,2-3H3,(H,22,23)/t16-,19-/m0/s1. The molecule has 2 atom stereocenters. The topological polar surface area (TPSA) is 42.0 Å². The Morgan fingerprint density at radius 3 is 2.83 bits per heavy atom. The molecule has 1 aliphatic carbocycles. The van der Waals surface area contributed by atoms with E-state index in [0.29, 0.717) is 5.02 Å². The fourth-order valence-corrected chi connectivity index (χ4v) is 4.49. The van der Waals surface area contributed by atoms with Crippen molar-refractivity contribution in [2.24, 2.45) is 5.41 Å². The minimum absolute atomic E-state index is 0.0228. The number of carbonyl (C=O) groups excluding carboxylic acids is 1. The normalized spacial score (nSPS) is 26.7. The van der Waals surface area contributed by atoms with Crippen molar-refractivity contribution in [3.63, 3.8) is 0 Å². The highest BCUT2D eigenvalue weighted by Gasteiger charge is 2.79. The fraction of sp³-hybridized carbons (Fsp3) is 0.263. The van der Waals surface area contributed by atoms with Crippen LogP contribution in [0.2, 0.25) is 5.02 Å². The number of pyridine rings is 1. The van der Waals surface area contributed by atoms with Crippen LogP contribution in [0.15, 0.2) is 43.0 Å². The summed E-state index contributed by atoms with van der Waals surface area (Å²) in [6.07, 6.45) is 1.73. The highest BCUT2D eigenvalue weighted by molar-refractivity contribution is 6.31. The van der Waals surface area contributed by atoms with E-state index >= 15 is 0 Å². The molecule has 1 spiro atoms. The third-order valence-corrected chi connectivity index (χ3v) is 5.63. The summed E-state index contributed by atoms with van der Waals surface area (Å²) in [5.74, 6) is 0.0604. The van der Waals surface area contributed by atoms with Crippen molar-refractivity contribution in [1.29, 1.82) is 0 Å². The first-order valence-corrected chi connectivity index (χ1v) is 8.01. The molecule has 3 nitrogen and oxygen atoms in total. The van der Waals surface area contributed by atoms with E-state index in [1.807, 2.05) is 30.3 Å². The summed E-state index contributed by atoms with van der Waals surface area (Å²) in [6, 6.07) is 11.5. The Hall–Kier alpha value is -2.13. The number of benzene rings is 1. The summed E-state index contributed by atoms with van der Waals surface area (Å²) >= 11 is 6.19. The summed E-state index contributed by atoms with van der Waals surface area (Å²) < 4.78 is 0. The lowest BCUT2D eigenvalue weighted by atomic mass is 9.89. The van der Waals surface area contributed by atoms with Crippen LogP contribution in [-0.2, 0) is 10.2 Å². The van der Waals surface area contributed by atoms with Crippen LogP contribution in [0.25, 0.3) is 6.08 Å². The molecule has 4 heteroatoms. The zero-order chi connectivity index (χ0) is 16.4. The van der Waals surface area contributed by atoms with Gasteiger partial charge in [-0.15, -0.1) is 0 Å². The van der Waals surface area contributed by atoms with Gasteiger partial charge < -0.3 is 5.32 Å². The number of anilines is 1. The van der Waals surface area contributed by atoms with Gasteiger partial charge in [-0.2, -0.15) is 0 Å². The molecule has 2 aliphatic rings. The zero-order valence-electron chi connectivity index (χ0n) is 13.1. The van der Waals surface area contributed by atoms with Crippen LogP contribution < -0.4 is 5.32 Å². The van der Waals surface area contributed by atoms with Gasteiger partial charge in [-0.05, 0) is 47.4 Å². The second-order valence-corrected chi connectivity index (χ2v) is 7.23. The summed E-state index contributed by atoms with van der Waals surface area (Å²) in [5, 5.41) is 3.66. The van der Waals surface area contributed by atoms with E-state index < -0.39 is 5.41 Å². The van der Waals surface area contributed by atoms with E-state index in [2.05, 4.69) is 30.7 Å². The number of nitrogens with zero attached hydrogens (tertiary/aromatic N) is 1. The highest BCUT2D eigenvalue weighted by atomic mass is 35.5. The van der Waals surface area contributed by atoms with Gasteiger partial charge in [0.1, 0.15) is 0 Å². The van der Waals surface area contributed by atoms with Gasteiger partial charge in [0.15, 0.2) is 0 Å². The van der Waals surface area contributed by atoms with Gasteiger partial charge in [0, 0.05) is 22.3 Å². The van der Waals surface area contributed by atoms with Crippen LogP contribution in [0, 0.1) is 5.41 Å². The molecular weight excluding hydrogens is 308 g/mol. The molecule has 1 aromatic heterocycles. The Bertz CT molecular complexity index is 858. The second kappa shape index (κ2) is 4.45. The van der Waals surface area contributed by atoms with Gasteiger partial charge in [0.05, 0.1) is 11.1 Å². The molecule has 23 heavy (non-hydrogen) atoms. The highest BCUT2D eigenvalue weighted by Crippen LogP contribution is 2.77. The third-order valence-electron chi connectivity index (χ3n) is 5.40. The number of rotatable bonds is 2. The number of nitrogens with one attached hydrogen (secondary N) is 1. The molecule has 1 fully saturated rings. The minimum Gasteiger partial charge on any atom is -0.325 e. The molecule has 4 rings (SSSR count). The summed E-state index contributed by atoms with van der Waals surface area (Å²) in [6.45, 7) is 8.02. The second-order valence-electron chi connectivity index (χ2n) is 6.80. The molecule has 116 valence electrons. The maximum absolute atomic E-state index is 12.9. The average Bonchev–Trinajstić information content (AvgIpc) is 2.92. The van der Waals surface area contributed by atoms with Gasteiger partial charge in [0.25, 0.3) is 0 Å². The van der Waals surface area contributed by atoms with Crippen LogP contribution in [0.1, 0.15) is 36.7 Å². The third kappa shape index (κ3) is 1.66. The molecule has 1 saturated carbocycles. The van der Waals surface area contributed by atoms with Crippen molar-refractivity contribution in [1.82, 2.24) is 4.98 Å². The van der Waals surface area contributed by atoms with Crippen molar-refractivity contribution >= 4 is 29.3 Å². The number of hydrogen-bond donors (Lipinski definition) is 1. The SMILES string of the molecule is C=Cc1cccc([C@H]2C(C)(C)[C@]23C(=O)Nc2ccc(Cl)cc23)n1. The molecule has 2 heterocycles. The van der Waals surface area contributed by atoms with Crippen molar-refractivity contribution in [3.05, 3.63) is 65.0 Å². The van der Waals surface area contributed by atoms with E-state index in [-0.39, 0.29) is 17.2 Å². The van der Waals surface area contributed by atoms with Crippen LogP contribution in [0.5, 0.6) is 0 Å². The number of halogens is 1. The molecular formula is C19H17ClN2O. The van der Waals surface area contributed by atoms with Crippen molar-refractivity contribution in [2.45, 2.75) is 25.2 Å². The molecule has 1 N–H and O–H groups in total. The summed E-state index contributed by atoms with van der Waals surface area (Å²) in [7, 11) is 0. The predicted octanol–water partition coefficient (Wildman–Crippen LogP) is 4.39. The molecule has 2 aromatic rings. The van der Waals surface area contributed by atoms with Crippen molar-refractivity contribution in [2.75, 3.05) is 5.32 Å². The summed E-state index contributed by atoms with van der Waals surface area (Å²) in [5.41, 5.74) is 2.77. The number of fused-ring (bicyclic) bond motifs is 2. The zero-order valence-corrected chi connectivity index (χ0v) is 13.8. The maximum Gasteiger partial charge on any atom is 0.236 e. The Morgan fingerprint density at radius 1 is 1.30 bits per heavy atom. The maximum atomic E-state index is 12.9. The van der Waals surface area contributed by atoms with Crippen LogP contribution >= 0.6 is 11.6 Å². The van der Waals surface area contributed by atoms with Gasteiger partial charge in [0.2, 0.25) is 5.91 Å². The van der Waals surface area contributed by atoms with Gasteiger partial charge in [-0.25, -0.2) is 0 Å². The molecule has 1 aromatic carbocycles. The van der Waals surface area contributed by atoms with Crippen LogP contribution in [0.4, 0.5) is 5.69 Å². The molecule has 1 amide bonds. The lowest BCUT2D eigenvalue weighted by Gasteiger charge is -2.11. The fourth-order valence-electron chi connectivity index (χ4n) is 4.32. The minimum atomic E-state index is -0.597. The summed E-state index contributed by atoms with van der Waals surface area (Å²) in [4.78, 5) is 17.5. The van der Waals surface area contributed by atoms with E-state index in [0.717, 1.165) is 22.6 Å². The lowest BCUT2D eigenvalue weighted by molar-refractivity contribution is -0.118. The van der Waals surface area contributed by atoms with Gasteiger partial charge in [-0.3, -0.25) is 9.78 Å². The Labute approximate surface area is 140 Å². The van der Waals surface area contributed by atoms with Gasteiger partial charge >= 0.3 is 0 Å². The monoisotopic (exact) mass is 324 g/mol. The first kappa shape index (κ1) is 14.5. The molecule has 0 unspecified atom stereocenters. The van der Waals surface area contributed by atoms with E-state index in [1.54, 1.807) is 12.1 Å². The quantitative estimate of drug-likeness (QED) is 0.890. The van der Waals surface area contributed by atoms with Crippen molar-refractivity contribution < 1.29 is 4.79 Å². The van der Waals surface area contributed by atoms with Gasteiger partial charge in [-0.1, -0.05) is 38.1 Å². The lowest BCUT2D eigenvalue weighted by Crippen LogP contribution is -2.25. The molecule has 0 bridgehead atoms. The largest absolute Gasteiger partial charge is 0.325 e. The number of carbonyl (C=O) groups is 1. The predicted molar refractivity (Wildman–Crippen MR) is 92.6 cm³/mol. The Morgan fingerprint density at radius 2 is 2.09 bits per heavy atom. The van der Waals surface area contributed by atoms with Crippen LogP contribution in [-0.4, -0.2) is 10.9 Å². The van der Waals surface area contributed by atoms with E-state index in [4.69, 9.17) is 11.6 Å². The number of hydrogen-bond acceptors (Lipinski definition) is 2. The number of aromatic nitrogens is 1. The number of amides is 1. The Balaban J connectivity index is 1.91. The van der Waals surface area contributed by atoms with E-state index in [1.165, 1.54) is 0 Å². The van der Waals surface area contributed by atoms with Crippen LogP contribution in [0.3, 0.4) is 0 Å². The first-order chi connectivity index (χ1) is 10.9. The smallest absolute Gasteiger partial charge is 0.236 e. The van der Waals surface area contributed by atoms with Crippen molar-refractivity contribution in [3.8, 4) is 0 Å². The molecule has 0 saturated heterocycles. The molecule has 1 aliphatic heterocycles. The Kier molecular flexibility index (Phi) is 2.80. The average molecular weight is 325 g/mol. The van der Waals surface area contributed by atoms with E-state index in [9.17, 15) is 4.79 Å². The molecule has 0 radical (unpaired) electrons.